The molecule has 0 radical (unpaired) electrons. The maximum Gasteiger partial charge on any atom is 0.379 e. The Hall–Kier alpha value is -4.38. The molecule has 2 N–H and O–H groups in total. The van der Waals surface area contributed by atoms with Crippen LogP contribution in [0.15, 0.2) is 70.7 Å². The molecule has 1 atom stereocenters. The van der Waals surface area contributed by atoms with Crippen LogP contribution in [-0.2, 0) is 0 Å². The average molecular weight is 460 g/mol. The van der Waals surface area contributed by atoms with E-state index in [9.17, 15) is 10.1 Å². The summed E-state index contributed by atoms with van der Waals surface area (Å²) in [5, 5.41) is 9.84. The second-order valence-corrected chi connectivity index (χ2v) is 7.48. The topological polar surface area (TPSA) is 117 Å². The molecule has 2 heterocycles. The highest BCUT2D eigenvalue weighted by Gasteiger charge is 2.32. The number of benzene rings is 2. The molecule has 1 unspecified atom stereocenters. The van der Waals surface area contributed by atoms with Crippen LogP contribution in [0.2, 0.25) is 0 Å². The van der Waals surface area contributed by atoms with Crippen molar-refractivity contribution in [1.82, 2.24) is 0 Å². The van der Waals surface area contributed by atoms with E-state index in [1.165, 1.54) is 12.3 Å². The predicted octanol–water partition coefficient (Wildman–Crippen LogP) is 4.90. The van der Waals surface area contributed by atoms with E-state index in [0.717, 1.165) is 12.0 Å². The number of allylic oxidation sites excluding steroid dienone is 1. The summed E-state index contributed by atoms with van der Waals surface area (Å²) in [6, 6.07) is 15.8. The van der Waals surface area contributed by atoms with Crippen molar-refractivity contribution in [3.05, 3.63) is 83.1 Å². The van der Waals surface area contributed by atoms with Crippen LogP contribution in [0.4, 0.5) is 0 Å². The number of rotatable bonds is 8. The smallest absolute Gasteiger partial charge is 0.379 e. The van der Waals surface area contributed by atoms with Crippen molar-refractivity contribution < 1.29 is 28.2 Å². The van der Waals surface area contributed by atoms with Crippen molar-refractivity contribution in [2.45, 2.75) is 26.2 Å². The number of hydrogen-bond acceptors (Lipinski definition) is 8. The van der Waals surface area contributed by atoms with Crippen LogP contribution >= 0.6 is 0 Å². The molecule has 8 heteroatoms. The molecule has 2 aromatic carbocycles. The largest absolute Gasteiger partial charge is 0.490 e. The molecule has 0 aliphatic carbocycles. The third-order valence-corrected chi connectivity index (χ3v) is 5.19. The summed E-state index contributed by atoms with van der Waals surface area (Å²) in [7, 11) is 0. The number of nitrogens with two attached hydrogens (primary N) is 1. The number of furan rings is 1. The lowest BCUT2D eigenvalue weighted by Crippen LogP contribution is -2.21. The number of carbonyl (C=O) groups excluding carboxylic acids is 1. The molecule has 34 heavy (non-hydrogen) atoms. The molecule has 1 aliphatic rings. The van der Waals surface area contributed by atoms with Crippen LogP contribution in [0, 0.1) is 11.3 Å². The van der Waals surface area contributed by atoms with E-state index in [1.54, 1.807) is 24.3 Å². The summed E-state index contributed by atoms with van der Waals surface area (Å²) in [6.07, 6.45) is 2.26. The van der Waals surface area contributed by atoms with Crippen molar-refractivity contribution >= 4 is 5.97 Å². The van der Waals surface area contributed by atoms with Crippen LogP contribution in [0.3, 0.4) is 0 Å². The highest BCUT2D eigenvalue weighted by molar-refractivity contribution is 5.88. The Morgan fingerprint density at radius 1 is 1.12 bits per heavy atom. The zero-order chi connectivity index (χ0) is 24.1. The second kappa shape index (κ2) is 10.0. The SMILES string of the molecule is CCCOc1ccc(C2C(C#N)=C(N)Oc3cc(OC(=O)c4ccco4)ccc32)cc1OCC. The van der Waals surface area contributed by atoms with E-state index in [0.29, 0.717) is 36.0 Å². The molecular weight excluding hydrogens is 436 g/mol. The number of esters is 1. The Morgan fingerprint density at radius 2 is 1.97 bits per heavy atom. The van der Waals surface area contributed by atoms with Gasteiger partial charge in [0.15, 0.2) is 11.5 Å². The molecule has 174 valence electrons. The third-order valence-electron chi connectivity index (χ3n) is 5.19. The lowest BCUT2D eigenvalue weighted by Gasteiger charge is -2.27. The fraction of sp³-hybridized carbons (Fsp3) is 0.231. The van der Waals surface area contributed by atoms with Crippen molar-refractivity contribution in [1.29, 1.82) is 5.26 Å². The Balaban J connectivity index is 1.71. The standard InChI is InChI=1S/C26H24N2O6/c1-3-11-31-20-10-7-16(13-23(20)30-4-2)24-18-9-8-17(33-26(29)21-6-5-12-32-21)14-22(18)34-25(28)19(24)15-27/h5-10,12-14,24H,3-4,11,28H2,1-2H3. The molecular formula is C26H24N2O6. The Morgan fingerprint density at radius 3 is 2.68 bits per heavy atom. The van der Waals surface area contributed by atoms with Crippen molar-refractivity contribution in [2.24, 2.45) is 5.73 Å². The van der Waals surface area contributed by atoms with Crippen molar-refractivity contribution in [3.8, 4) is 29.1 Å². The van der Waals surface area contributed by atoms with Gasteiger partial charge in [-0.3, -0.25) is 0 Å². The van der Waals surface area contributed by atoms with Gasteiger partial charge in [0.05, 0.1) is 25.4 Å². The number of nitriles is 1. The van der Waals surface area contributed by atoms with Crippen LogP contribution < -0.4 is 24.7 Å². The predicted molar refractivity (Wildman–Crippen MR) is 123 cm³/mol. The normalized spacial score (nSPS) is 14.6. The number of fused-ring (bicyclic) bond motifs is 1. The Labute approximate surface area is 197 Å². The monoisotopic (exact) mass is 460 g/mol. The molecule has 4 rings (SSSR count). The summed E-state index contributed by atoms with van der Waals surface area (Å²) < 4.78 is 27.8. The van der Waals surface area contributed by atoms with Gasteiger partial charge in [0.25, 0.3) is 0 Å². The van der Waals surface area contributed by atoms with E-state index in [1.807, 2.05) is 32.0 Å². The Bertz CT molecular complexity index is 1260. The first-order valence-corrected chi connectivity index (χ1v) is 10.9. The molecule has 8 nitrogen and oxygen atoms in total. The van der Waals surface area contributed by atoms with Gasteiger partial charge in [-0.15, -0.1) is 0 Å². The van der Waals surface area contributed by atoms with Crippen molar-refractivity contribution in [3.63, 3.8) is 0 Å². The minimum atomic E-state index is -0.637. The maximum absolute atomic E-state index is 12.2. The van der Waals surface area contributed by atoms with Gasteiger partial charge in [0.2, 0.25) is 11.6 Å². The fourth-order valence-electron chi connectivity index (χ4n) is 3.70. The fourth-order valence-corrected chi connectivity index (χ4v) is 3.70. The minimum absolute atomic E-state index is 0.0150. The molecule has 0 bridgehead atoms. The van der Waals surface area contributed by atoms with Gasteiger partial charge in [-0.05, 0) is 49.2 Å². The third kappa shape index (κ3) is 4.55. The lowest BCUT2D eigenvalue weighted by molar-refractivity contribution is 0.0701. The number of hydrogen-bond donors (Lipinski definition) is 1. The molecule has 0 saturated carbocycles. The molecule has 3 aromatic rings. The van der Waals surface area contributed by atoms with Gasteiger partial charge < -0.3 is 29.1 Å². The summed E-state index contributed by atoms with van der Waals surface area (Å²) in [5.41, 5.74) is 7.88. The van der Waals surface area contributed by atoms with E-state index >= 15 is 0 Å². The zero-order valence-corrected chi connectivity index (χ0v) is 18.9. The average Bonchev–Trinajstić information content (AvgIpc) is 3.38. The molecule has 0 amide bonds. The Kier molecular flexibility index (Phi) is 6.74. The van der Waals surface area contributed by atoms with Gasteiger partial charge in [-0.25, -0.2) is 4.79 Å². The summed E-state index contributed by atoms with van der Waals surface area (Å²) in [6.45, 7) is 4.95. The van der Waals surface area contributed by atoms with Crippen LogP contribution in [0.25, 0.3) is 0 Å². The number of ether oxygens (including phenoxy) is 4. The van der Waals surface area contributed by atoms with E-state index in [-0.39, 0.29) is 23.0 Å². The van der Waals surface area contributed by atoms with Crippen LogP contribution in [-0.4, -0.2) is 19.2 Å². The van der Waals surface area contributed by atoms with Gasteiger partial charge in [-0.2, -0.15) is 5.26 Å². The first kappa shape index (κ1) is 22.8. The lowest BCUT2D eigenvalue weighted by atomic mass is 9.83. The number of nitrogens with zero attached hydrogens (tertiary/aromatic N) is 1. The minimum Gasteiger partial charge on any atom is -0.490 e. The first-order chi connectivity index (χ1) is 16.5. The zero-order valence-electron chi connectivity index (χ0n) is 18.9. The summed E-state index contributed by atoms with van der Waals surface area (Å²) in [4.78, 5) is 12.2. The van der Waals surface area contributed by atoms with Gasteiger partial charge >= 0.3 is 5.97 Å². The van der Waals surface area contributed by atoms with Gasteiger partial charge in [0.1, 0.15) is 23.1 Å². The number of carbonyl (C=O) groups is 1. The van der Waals surface area contributed by atoms with E-state index in [4.69, 9.17) is 29.1 Å². The molecule has 0 fully saturated rings. The highest BCUT2D eigenvalue weighted by Crippen LogP contribution is 2.45. The molecule has 0 saturated heterocycles. The van der Waals surface area contributed by atoms with Crippen LogP contribution in [0.5, 0.6) is 23.0 Å². The van der Waals surface area contributed by atoms with E-state index < -0.39 is 11.9 Å². The highest BCUT2D eigenvalue weighted by atomic mass is 16.5. The van der Waals surface area contributed by atoms with Crippen molar-refractivity contribution in [2.75, 3.05) is 13.2 Å². The van der Waals surface area contributed by atoms with Crippen LogP contribution in [0.1, 0.15) is 47.9 Å². The second-order valence-electron chi connectivity index (χ2n) is 7.48. The molecule has 0 spiro atoms. The summed E-state index contributed by atoms with van der Waals surface area (Å²) >= 11 is 0. The molecule has 1 aliphatic heterocycles. The van der Waals surface area contributed by atoms with E-state index in [2.05, 4.69) is 6.07 Å². The quantitative estimate of drug-likeness (QED) is 0.372. The summed E-state index contributed by atoms with van der Waals surface area (Å²) in [5.74, 6) is 0.790. The maximum atomic E-state index is 12.2. The van der Waals surface area contributed by atoms with Gasteiger partial charge in [0, 0.05) is 11.6 Å². The molecule has 1 aromatic heterocycles. The van der Waals surface area contributed by atoms with Gasteiger partial charge in [-0.1, -0.05) is 19.1 Å². The first-order valence-electron chi connectivity index (χ1n) is 10.9.